The number of hydrogen-bond acceptors (Lipinski definition) is 3. The number of carboxylic acid groups (broad SMARTS) is 1. The summed E-state index contributed by atoms with van der Waals surface area (Å²) in [7, 11) is 0. The van der Waals surface area contributed by atoms with E-state index < -0.39 is 12.1 Å². The first-order chi connectivity index (χ1) is 14.9. The van der Waals surface area contributed by atoms with Gasteiger partial charge in [-0.15, -0.1) is 0 Å². The van der Waals surface area contributed by atoms with Crippen molar-refractivity contribution in [3.05, 3.63) is 77.6 Å². The first kappa shape index (κ1) is 21.3. The average Bonchev–Trinajstić information content (AvgIpc) is 3.23. The van der Waals surface area contributed by atoms with Crippen molar-refractivity contribution in [3.63, 3.8) is 0 Å². The summed E-state index contributed by atoms with van der Waals surface area (Å²) in [6.45, 7) is 3.66. The largest absolute Gasteiger partial charge is 0.479 e. The summed E-state index contributed by atoms with van der Waals surface area (Å²) >= 11 is 0. The molecule has 1 aliphatic carbocycles. The number of carbonyl (C=O) groups is 1. The first-order valence-corrected chi connectivity index (χ1v) is 10.8. The van der Waals surface area contributed by atoms with Crippen LogP contribution in [-0.4, -0.2) is 23.2 Å². The second kappa shape index (κ2) is 9.06. The molecule has 2 unspecified atom stereocenters. The van der Waals surface area contributed by atoms with Crippen molar-refractivity contribution in [3.8, 4) is 5.75 Å². The van der Waals surface area contributed by atoms with Crippen molar-refractivity contribution in [2.45, 2.75) is 57.2 Å². The topological polar surface area (TPSA) is 58.6 Å². The molecule has 1 aliphatic rings. The van der Waals surface area contributed by atoms with E-state index in [1.54, 1.807) is 6.07 Å². The number of benzene rings is 3. The number of ether oxygens (including phenoxy) is 1. The SMILES string of the molecule is CC(Oc1ccc([C@@H]2CCC(N[C@H](C)c3ccc(F)c4ccccc34)C2)cc1)C(=O)O. The molecule has 0 saturated heterocycles. The zero-order valence-electron chi connectivity index (χ0n) is 17.8. The Kier molecular flexibility index (Phi) is 6.23. The Morgan fingerprint density at radius 3 is 2.45 bits per heavy atom. The minimum Gasteiger partial charge on any atom is -0.479 e. The van der Waals surface area contributed by atoms with Crippen LogP contribution < -0.4 is 10.1 Å². The maximum Gasteiger partial charge on any atom is 0.344 e. The van der Waals surface area contributed by atoms with E-state index in [2.05, 4.69) is 12.2 Å². The zero-order chi connectivity index (χ0) is 22.0. The number of aliphatic carboxylic acids is 1. The molecular weight excluding hydrogens is 393 g/mol. The summed E-state index contributed by atoms with van der Waals surface area (Å²) in [6.07, 6.45) is 2.35. The van der Waals surface area contributed by atoms with Gasteiger partial charge in [0.25, 0.3) is 0 Å². The average molecular weight is 422 g/mol. The van der Waals surface area contributed by atoms with E-state index in [4.69, 9.17) is 9.84 Å². The molecule has 0 amide bonds. The molecule has 2 N–H and O–H groups in total. The van der Waals surface area contributed by atoms with E-state index in [9.17, 15) is 9.18 Å². The van der Waals surface area contributed by atoms with Gasteiger partial charge in [0.1, 0.15) is 11.6 Å². The lowest BCUT2D eigenvalue weighted by molar-refractivity contribution is -0.144. The summed E-state index contributed by atoms with van der Waals surface area (Å²) < 4.78 is 19.6. The van der Waals surface area contributed by atoms with E-state index in [0.29, 0.717) is 23.1 Å². The van der Waals surface area contributed by atoms with Crippen LogP contribution in [0.1, 0.15) is 56.2 Å². The highest BCUT2D eigenvalue weighted by molar-refractivity contribution is 5.86. The molecular formula is C26H28FNO3. The summed E-state index contributed by atoms with van der Waals surface area (Å²) in [5.74, 6) is -0.127. The highest BCUT2D eigenvalue weighted by Crippen LogP contribution is 2.36. The summed E-state index contributed by atoms with van der Waals surface area (Å²) in [5.41, 5.74) is 2.37. The van der Waals surface area contributed by atoms with Gasteiger partial charge in [0, 0.05) is 17.5 Å². The number of carboxylic acids is 1. The number of hydrogen-bond donors (Lipinski definition) is 2. The number of rotatable bonds is 7. The quantitative estimate of drug-likeness (QED) is 0.505. The fraction of sp³-hybridized carbons (Fsp3) is 0.346. The normalized spacial score (nSPS) is 20.5. The van der Waals surface area contributed by atoms with Crippen LogP contribution in [0.2, 0.25) is 0 Å². The van der Waals surface area contributed by atoms with Crippen LogP contribution in [0.25, 0.3) is 10.8 Å². The van der Waals surface area contributed by atoms with E-state index in [1.165, 1.54) is 12.5 Å². The van der Waals surface area contributed by atoms with Gasteiger partial charge in [0.2, 0.25) is 0 Å². The third-order valence-corrected chi connectivity index (χ3v) is 6.30. The molecule has 31 heavy (non-hydrogen) atoms. The minimum atomic E-state index is -0.975. The van der Waals surface area contributed by atoms with E-state index in [1.807, 2.05) is 54.6 Å². The summed E-state index contributed by atoms with van der Waals surface area (Å²) in [5, 5.41) is 14.3. The molecule has 4 rings (SSSR count). The molecule has 0 spiro atoms. The molecule has 4 atom stereocenters. The lowest BCUT2D eigenvalue weighted by Gasteiger charge is -2.22. The molecule has 1 fully saturated rings. The van der Waals surface area contributed by atoms with E-state index >= 15 is 0 Å². The third-order valence-electron chi connectivity index (χ3n) is 6.30. The Hall–Kier alpha value is -2.92. The molecule has 0 aliphatic heterocycles. The Morgan fingerprint density at radius 2 is 1.74 bits per heavy atom. The number of halogens is 1. The van der Waals surface area contributed by atoms with Crippen LogP contribution in [0.3, 0.4) is 0 Å². The smallest absolute Gasteiger partial charge is 0.344 e. The molecule has 0 bridgehead atoms. The Labute approximate surface area is 182 Å². The Bertz CT molecular complexity index is 1070. The van der Waals surface area contributed by atoms with Crippen molar-refractivity contribution in [1.82, 2.24) is 5.32 Å². The minimum absolute atomic E-state index is 0.127. The molecule has 0 radical (unpaired) electrons. The van der Waals surface area contributed by atoms with Crippen molar-refractivity contribution < 1.29 is 19.0 Å². The van der Waals surface area contributed by atoms with Gasteiger partial charge in [0.15, 0.2) is 6.10 Å². The molecule has 3 aromatic rings. The molecule has 5 heteroatoms. The van der Waals surface area contributed by atoms with Gasteiger partial charge in [-0.25, -0.2) is 9.18 Å². The van der Waals surface area contributed by atoms with Crippen LogP contribution in [0.15, 0.2) is 60.7 Å². The monoisotopic (exact) mass is 421 g/mol. The highest BCUT2D eigenvalue weighted by Gasteiger charge is 2.27. The lowest BCUT2D eigenvalue weighted by Crippen LogP contribution is -2.29. The molecule has 3 aromatic carbocycles. The standard InChI is InChI=1S/C26H28FNO3/c1-16(22-13-14-25(27)24-6-4-3-5-23(22)24)28-20-10-7-19(15-20)18-8-11-21(12-9-18)31-17(2)26(29)30/h3-6,8-9,11-14,16-17,19-20,28H,7,10,15H2,1-2H3,(H,29,30)/t16-,17?,19-,20?/m1/s1. The Balaban J connectivity index is 1.39. The maximum absolute atomic E-state index is 14.2. The molecule has 1 saturated carbocycles. The lowest BCUT2D eigenvalue weighted by atomic mass is 9.96. The molecule has 162 valence electrons. The first-order valence-electron chi connectivity index (χ1n) is 10.8. The van der Waals surface area contributed by atoms with Gasteiger partial charge in [0.05, 0.1) is 0 Å². The fourth-order valence-corrected chi connectivity index (χ4v) is 4.62. The van der Waals surface area contributed by atoms with Crippen molar-refractivity contribution in [2.75, 3.05) is 0 Å². The van der Waals surface area contributed by atoms with Crippen LogP contribution in [0.4, 0.5) is 4.39 Å². The van der Waals surface area contributed by atoms with Crippen LogP contribution in [0.5, 0.6) is 5.75 Å². The van der Waals surface area contributed by atoms with Gasteiger partial charge >= 0.3 is 5.97 Å². The van der Waals surface area contributed by atoms with Crippen molar-refractivity contribution in [2.24, 2.45) is 0 Å². The second-order valence-corrected chi connectivity index (χ2v) is 8.44. The maximum atomic E-state index is 14.2. The van der Waals surface area contributed by atoms with Gasteiger partial charge in [-0.3, -0.25) is 0 Å². The summed E-state index contributed by atoms with van der Waals surface area (Å²) in [4.78, 5) is 10.9. The third kappa shape index (κ3) is 4.72. The van der Waals surface area contributed by atoms with Gasteiger partial charge in [-0.2, -0.15) is 0 Å². The number of nitrogens with one attached hydrogen (secondary N) is 1. The van der Waals surface area contributed by atoms with Crippen LogP contribution in [-0.2, 0) is 4.79 Å². The molecule has 0 aromatic heterocycles. The molecule has 4 nitrogen and oxygen atoms in total. The predicted molar refractivity (Wildman–Crippen MR) is 120 cm³/mol. The van der Waals surface area contributed by atoms with Gasteiger partial charge in [-0.1, -0.05) is 42.5 Å². The predicted octanol–water partition coefficient (Wildman–Crippen LogP) is 5.82. The van der Waals surface area contributed by atoms with Gasteiger partial charge < -0.3 is 15.2 Å². The van der Waals surface area contributed by atoms with Crippen LogP contribution >= 0.6 is 0 Å². The van der Waals surface area contributed by atoms with Crippen molar-refractivity contribution in [1.29, 1.82) is 0 Å². The fourth-order valence-electron chi connectivity index (χ4n) is 4.62. The van der Waals surface area contributed by atoms with Gasteiger partial charge in [-0.05, 0) is 73.7 Å². The highest BCUT2D eigenvalue weighted by atomic mass is 19.1. The summed E-state index contributed by atoms with van der Waals surface area (Å²) in [6, 6.07) is 19.4. The van der Waals surface area contributed by atoms with E-state index in [-0.39, 0.29) is 11.9 Å². The zero-order valence-corrected chi connectivity index (χ0v) is 17.8. The second-order valence-electron chi connectivity index (χ2n) is 8.44. The van der Waals surface area contributed by atoms with Crippen LogP contribution in [0, 0.1) is 5.82 Å². The molecule has 0 heterocycles. The van der Waals surface area contributed by atoms with Crippen molar-refractivity contribution >= 4 is 16.7 Å². The number of fused-ring (bicyclic) bond motifs is 1. The van der Waals surface area contributed by atoms with E-state index in [0.717, 1.165) is 30.2 Å². The Morgan fingerprint density at radius 1 is 1.03 bits per heavy atom.